The summed E-state index contributed by atoms with van der Waals surface area (Å²) in [5.41, 5.74) is 0.625. The summed E-state index contributed by atoms with van der Waals surface area (Å²) in [5.74, 6) is 0. The van der Waals surface area contributed by atoms with Crippen molar-refractivity contribution in [3.05, 3.63) is 30.4 Å². The van der Waals surface area contributed by atoms with Crippen molar-refractivity contribution in [3.8, 4) is 0 Å². The SMILES string of the molecule is Cc1c(S(=O)(=O)NCCCn2cccn2)cnn1C. The minimum Gasteiger partial charge on any atom is -0.273 e. The Kier molecular flexibility index (Phi) is 4.01. The van der Waals surface area contributed by atoms with Gasteiger partial charge in [-0.25, -0.2) is 13.1 Å². The van der Waals surface area contributed by atoms with Crippen LogP contribution in [0.3, 0.4) is 0 Å². The number of nitrogens with one attached hydrogen (secondary N) is 1. The van der Waals surface area contributed by atoms with E-state index in [0.717, 1.165) is 0 Å². The van der Waals surface area contributed by atoms with Crippen molar-refractivity contribution >= 4 is 10.0 Å². The smallest absolute Gasteiger partial charge is 0.243 e. The Labute approximate surface area is 112 Å². The molecule has 0 aliphatic carbocycles. The first-order chi connectivity index (χ1) is 9.00. The van der Waals surface area contributed by atoms with Gasteiger partial charge in [0.25, 0.3) is 0 Å². The average Bonchev–Trinajstić information content (AvgIpc) is 2.97. The van der Waals surface area contributed by atoms with Crippen molar-refractivity contribution in [1.82, 2.24) is 24.3 Å². The maximum atomic E-state index is 12.0. The lowest BCUT2D eigenvalue weighted by molar-refractivity contribution is 0.552. The third kappa shape index (κ3) is 3.21. The number of rotatable bonds is 6. The highest BCUT2D eigenvalue weighted by Crippen LogP contribution is 2.12. The van der Waals surface area contributed by atoms with Crippen LogP contribution < -0.4 is 4.72 Å². The molecule has 0 aliphatic rings. The van der Waals surface area contributed by atoms with E-state index in [9.17, 15) is 8.42 Å². The Hall–Kier alpha value is -1.67. The summed E-state index contributed by atoms with van der Waals surface area (Å²) >= 11 is 0. The zero-order valence-electron chi connectivity index (χ0n) is 10.9. The Balaban J connectivity index is 1.90. The van der Waals surface area contributed by atoms with E-state index < -0.39 is 10.0 Å². The Bertz CT molecular complexity index is 630. The maximum absolute atomic E-state index is 12.0. The van der Waals surface area contributed by atoms with Gasteiger partial charge < -0.3 is 0 Å². The molecule has 0 saturated carbocycles. The van der Waals surface area contributed by atoms with E-state index in [2.05, 4.69) is 14.9 Å². The van der Waals surface area contributed by atoms with Crippen molar-refractivity contribution in [2.24, 2.45) is 7.05 Å². The van der Waals surface area contributed by atoms with Crippen LogP contribution in [0.4, 0.5) is 0 Å². The molecule has 8 heteroatoms. The zero-order valence-corrected chi connectivity index (χ0v) is 11.8. The van der Waals surface area contributed by atoms with E-state index >= 15 is 0 Å². The Morgan fingerprint density at radius 3 is 2.74 bits per heavy atom. The number of sulfonamides is 1. The number of hydrogen-bond acceptors (Lipinski definition) is 4. The molecule has 0 spiro atoms. The molecular weight excluding hydrogens is 266 g/mol. The molecule has 0 amide bonds. The summed E-state index contributed by atoms with van der Waals surface area (Å²) < 4.78 is 30.0. The second-order valence-corrected chi connectivity index (χ2v) is 5.97. The highest BCUT2D eigenvalue weighted by molar-refractivity contribution is 7.89. The highest BCUT2D eigenvalue weighted by atomic mass is 32.2. The molecule has 0 aliphatic heterocycles. The van der Waals surface area contributed by atoms with E-state index in [1.54, 1.807) is 24.9 Å². The predicted molar refractivity (Wildman–Crippen MR) is 70.0 cm³/mol. The van der Waals surface area contributed by atoms with Crippen LogP contribution in [0, 0.1) is 6.92 Å². The monoisotopic (exact) mass is 283 g/mol. The summed E-state index contributed by atoms with van der Waals surface area (Å²) in [6.45, 7) is 2.78. The third-order valence-corrected chi connectivity index (χ3v) is 4.46. The largest absolute Gasteiger partial charge is 0.273 e. The second kappa shape index (κ2) is 5.54. The van der Waals surface area contributed by atoms with Crippen LogP contribution >= 0.6 is 0 Å². The molecule has 104 valence electrons. The van der Waals surface area contributed by atoms with Gasteiger partial charge in [0.2, 0.25) is 10.0 Å². The van der Waals surface area contributed by atoms with Crippen molar-refractivity contribution in [2.75, 3.05) is 6.54 Å². The molecule has 19 heavy (non-hydrogen) atoms. The van der Waals surface area contributed by atoms with Crippen LogP contribution in [0.15, 0.2) is 29.6 Å². The van der Waals surface area contributed by atoms with Crippen molar-refractivity contribution in [2.45, 2.75) is 24.8 Å². The first kappa shape index (κ1) is 13.8. The van der Waals surface area contributed by atoms with E-state index in [1.165, 1.54) is 10.9 Å². The standard InChI is InChI=1S/C11H17N5O2S/c1-10-11(9-13-15(10)2)19(17,18)14-6-4-8-16-7-3-5-12-16/h3,5,7,9,14H,4,6,8H2,1-2H3. The molecule has 0 saturated heterocycles. The van der Waals surface area contributed by atoms with Gasteiger partial charge in [0.1, 0.15) is 4.90 Å². The van der Waals surface area contributed by atoms with E-state index in [1.807, 2.05) is 12.3 Å². The highest BCUT2D eigenvalue weighted by Gasteiger charge is 2.19. The molecule has 2 aromatic heterocycles. The van der Waals surface area contributed by atoms with Crippen LogP contribution in [0.5, 0.6) is 0 Å². The summed E-state index contributed by atoms with van der Waals surface area (Å²) in [6.07, 6.45) is 5.59. The van der Waals surface area contributed by atoms with Gasteiger partial charge in [-0.1, -0.05) is 0 Å². The normalized spacial score (nSPS) is 11.9. The quantitative estimate of drug-likeness (QED) is 0.773. The van der Waals surface area contributed by atoms with Gasteiger partial charge in [0.05, 0.1) is 11.9 Å². The van der Waals surface area contributed by atoms with Crippen molar-refractivity contribution in [1.29, 1.82) is 0 Å². The van der Waals surface area contributed by atoms with Gasteiger partial charge in [-0.2, -0.15) is 10.2 Å². The minimum absolute atomic E-state index is 0.231. The lowest BCUT2D eigenvalue weighted by atomic mass is 10.4. The molecule has 7 nitrogen and oxygen atoms in total. The first-order valence-corrected chi connectivity index (χ1v) is 7.45. The lowest BCUT2D eigenvalue weighted by Gasteiger charge is -2.06. The minimum atomic E-state index is -3.47. The van der Waals surface area contributed by atoms with Gasteiger partial charge in [0.15, 0.2) is 0 Å². The van der Waals surface area contributed by atoms with E-state index in [4.69, 9.17) is 0 Å². The predicted octanol–water partition coefficient (Wildman–Crippen LogP) is 0.294. The van der Waals surface area contributed by atoms with Crippen LogP contribution in [-0.2, 0) is 23.6 Å². The van der Waals surface area contributed by atoms with Crippen LogP contribution in [-0.4, -0.2) is 34.5 Å². The van der Waals surface area contributed by atoms with Gasteiger partial charge >= 0.3 is 0 Å². The topological polar surface area (TPSA) is 81.8 Å². The summed E-state index contributed by atoms with van der Waals surface area (Å²) in [5, 5.41) is 7.99. The van der Waals surface area contributed by atoms with E-state index in [-0.39, 0.29) is 4.90 Å². The molecule has 2 heterocycles. The molecule has 0 bridgehead atoms. The Morgan fingerprint density at radius 1 is 1.37 bits per heavy atom. The fourth-order valence-corrected chi connectivity index (χ4v) is 2.98. The number of nitrogens with zero attached hydrogens (tertiary/aromatic N) is 4. The fraction of sp³-hybridized carbons (Fsp3) is 0.455. The molecule has 0 unspecified atom stereocenters. The van der Waals surface area contributed by atoms with Gasteiger partial charge in [-0.15, -0.1) is 0 Å². The molecule has 0 atom stereocenters. The second-order valence-electron chi connectivity index (χ2n) is 4.24. The Morgan fingerprint density at radius 2 is 2.16 bits per heavy atom. The van der Waals surface area contributed by atoms with Gasteiger partial charge in [-0.05, 0) is 19.4 Å². The maximum Gasteiger partial charge on any atom is 0.243 e. The van der Waals surface area contributed by atoms with Gasteiger partial charge in [-0.3, -0.25) is 9.36 Å². The molecule has 1 N–H and O–H groups in total. The van der Waals surface area contributed by atoms with Crippen LogP contribution in [0.2, 0.25) is 0 Å². The molecule has 2 aromatic rings. The summed E-state index contributed by atoms with van der Waals surface area (Å²) in [4.78, 5) is 0.231. The van der Waals surface area contributed by atoms with Crippen LogP contribution in [0.1, 0.15) is 12.1 Å². The summed E-state index contributed by atoms with van der Waals surface area (Å²) in [7, 11) is -1.76. The summed E-state index contributed by atoms with van der Waals surface area (Å²) in [6, 6.07) is 1.84. The molecule has 2 rings (SSSR count). The molecule has 0 aromatic carbocycles. The first-order valence-electron chi connectivity index (χ1n) is 5.96. The van der Waals surface area contributed by atoms with Crippen molar-refractivity contribution < 1.29 is 8.42 Å². The number of aryl methyl sites for hydroxylation is 2. The lowest BCUT2D eigenvalue weighted by Crippen LogP contribution is -2.26. The van der Waals surface area contributed by atoms with Crippen LogP contribution in [0.25, 0.3) is 0 Å². The molecular formula is C11H17N5O2S. The average molecular weight is 283 g/mol. The molecule has 0 radical (unpaired) electrons. The van der Waals surface area contributed by atoms with Crippen molar-refractivity contribution in [3.63, 3.8) is 0 Å². The number of aromatic nitrogens is 4. The fourth-order valence-electron chi connectivity index (χ4n) is 1.70. The zero-order chi connectivity index (χ0) is 13.9. The van der Waals surface area contributed by atoms with E-state index in [0.29, 0.717) is 25.2 Å². The number of hydrogen-bond donors (Lipinski definition) is 1. The molecule has 0 fully saturated rings. The van der Waals surface area contributed by atoms with Gasteiger partial charge in [0, 0.05) is 32.5 Å². The third-order valence-electron chi connectivity index (χ3n) is 2.89.